The van der Waals surface area contributed by atoms with Gasteiger partial charge in [0.05, 0.1) is 13.2 Å². The highest BCUT2D eigenvalue weighted by Crippen LogP contribution is 2.26. The zero-order valence-electron chi connectivity index (χ0n) is 14.5. The molecule has 4 nitrogen and oxygen atoms in total. The summed E-state index contributed by atoms with van der Waals surface area (Å²) in [6.07, 6.45) is 0.935. The Bertz CT molecular complexity index is 739. The second kappa shape index (κ2) is 7.38. The van der Waals surface area contributed by atoms with Gasteiger partial charge in [-0.25, -0.2) is 0 Å². The lowest BCUT2D eigenvalue weighted by atomic mass is 9.94. The van der Waals surface area contributed by atoms with Gasteiger partial charge in [-0.15, -0.1) is 0 Å². The van der Waals surface area contributed by atoms with E-state index in [9.17, 15) is 4.79 Å². The summed E-state index contributed by atoms with van der Waals surface area (Å²) in [4.78, 5) is 17.2. The first kappa shape index (κ1) is 16.3. The number of nitrogens with zero attached hydrogens (tertiary/aromatic N) is 2. The average molecular weight is 336 g/mol. The lowest BCUT2D eigenvalue weighted by Gasteiger charge is -2.32. The molecule has 1 fully saturated rings. The highest BCUT2D eigenvalue weighted by atomic mass is 16.5. The quantitative estimate of drug-likeness (QED) is 0.861. The fourth-order valence-electron chi connectivity index (χ4n) is 3.65. The van der Waals surface area contributed by atoms with Crippen molar-refractivity contribution in [3.05, 3.63) is 59.7 Å². The van der Waals surface area contributed by atoms with E-state index in [1.165, 1.54) is 16.7 Å². The van der Waals surface area contributed by atoms with Crippen LogP contribution in [0.5, 0.6) is 0 Å². The number of hydrogen-bond acceptors (Lipinski definition) is 3. The molecule has 0 radical (unpaired) electrons. The molecule has 1 amide bonds. The number of morpholine rings is 1. The van der Waals surface area contributed by atoms with Crippen LogP contribution < -0.4 is 0 Å². The van der Waals surface area contributed by atoms with E-state index in [-0.39, 0.29) is 5.91 Å². The van der Waals surface area contributed by atoms with Crippen molar-refractivity contribution in [2.24, 2.45) is 0 Å². The van der Waals surface area contributed by atoms with Crippen LogP contribution >= 0.6 is 0 Å². The van der Waals surface area contributed by atoms with E-state index >= 15 is 0 Å². The minimum absolute atomic E-state index is 0.175. The smallest absolute Gasteiger partial charge is 0.254 e. The van der Waals surface area contributed by atoms with E-state index < -0.39 is 0 Å². The molecular formula is C21H24N2O2. The number of carbonyl (C=O) groups is 1. The van der Waals surface area contributed by atoms with Crippen molar-refractivity contribution in [2.45, 2.75) is 6.42 Å². The molecule has 2 aliphatic rings. The van der Waals surface area contributed by atoms with Gasteiger partial charge in [0.15, 0.2) is 0 Å². The number of carbonyl (C=O) groups excluding carboxylic acids is 1. The molecule has 4 rings (SSSR count). The van der Waals surface area contributed by atoms with E-state index in [1.54, 1.807) is 0 Å². The maximum Gasteiger partial charge on any atom is 0.254 e. The van der Waals surface area contributed by atoms with Gasteiger partial charge >= 0.3 is 0 Å². The van der Waals surface area contributed by atoms with E-state index in [4.69, 9.17) is 4.74 Å². The molecule has 4 heteroatoms. The van der Waals surface area contributed by atoms with Crippen molar-refractivity contribution in [3.8, 4) is 11.1 Å². The third kappa shape index (κ3) is 3.60. The van der Waals surface area contributed by atoms with Gasteiger partial charge in [0.1, 0.15) is 0 Å². The Kier molecular flexibility index (Phi) is 4.81. The molecule has 0 N–H and O–H groups in total. The van der Waals surface area contributed by atoms with Crippen molar-refractivity contribution in [1.29, 1.82) is 0 Å². The van der Waals surface area contributed by atoms with E-state index in [1.807, 2.05) is 29.2 Å². The van der Waals surface area contributed by atoms with Crippen LogP contribution in [0.1, 0.15) is 15.9 Å². The topological polar surface area (TPSA) is 32.8 Å². The molecular weight excluding hydrogens is 312 g/mol. The van der Waals surface area contributed by atoms with Crippen LogP contribution in [-0.2, 0) is 11.2 Å². The number of benzene rings is 2. The van der Waals surface area contributed by atoms with Crippen LogP contribution in [0.15, 0.2) is 48.5 Å². The molecule has 130 valence electrons. The highest BCUT2D eigenvalue weighted by molar-refractivity contribution is 5.97. The Hall–Kier alpha value is -2.17. The Morgan fingerprint density at radius 2 is 1.68 bits per heavy atom. The summed E-state index contributed by atoms with van der Waals surface area (Å²) >= 11 is 0. The summed E-state index contributed by atoms with van der Waals surface area (Å²) in [6.45, 7) is 6.11. The zero-order valence-corrected chi connectivity index (χ0v) is 14.5. The summed E-state index contributed by atoms with van der Waals surface area (Å²) in [5.74, 6) is 0.175. The Morgan fingerprint density at radius 3 is 2.48 bits per heavy atom. The first-order valence-corrected chi connectivity index (χ1v) is 9.09. The Labute approximate surface area is 149 Å². The second-order valence-corrected chi connectivity index (χ2v) is 6.73. The maximum absolute atomic E-state index is 12.8. The maximum atomic E-state index is 12.8. The molecule has 2 aliphatic heterocycles. The zero-order chi connectivity index (χ0) is 17.1. The van der Waals surface area contributed by atoms with E-state index in [0.717, 1.165) is 57.9 Å². The van der Waals surface area contributed by atoms with E-state index in [2.05, 4.69) is 29.2 Å². The average Bonchev–Trinajstić information content (AvgIpc) is 2.69. The Balaban J connectivity index is 1.45. The van der Waals surface area contributed by atoms with Gasteiger partial charge in [-0.3, -0.25) is 9.69 Å². The molecule has 0 bridgehead atoms. The largest absolute Gasteiger partial charge is 0.379 e. The summed E-state index contributed by atoms with van der Waals surface area (Å²) in [6, 6.07) is 16.6. The highest BCUT2D eigenvalue weighted by Gasteiger charge is 2.25. The van der Waals surface area contributed by atoms with Crippen molar-refractivity contribution in [3.63, 3.8) is 0 Å². The fourth-order valence-corrected chi connectivity index (χ4v) is 3.65. The molecule has 2 aromatic carbocycles. The number of rotatable bonds is 4. The number of amides is 1. The molecule has 2 heterocycles. The van der Waals surface area contributed by atoms with Crippen LogP contribution in [-0.4, -0.2) is 61.6 Å². The minimum Gasteiger partial charge on any atom is -0.379 e. The van der Waals surface area contributed by atoms with Crippen molar-refractivity contribution >= 4 is 5.91 Å². The summed E-state index contributed by atoms with van der Waals surface area (Å²) < 4.78 is 5.38. The molecule has 0 saturated carbocycles. The van der Waals surface area contributed by atoms with Crippen LogP contribution in [0.4, 0.5) is 0 Å². The molecule has 0 unspecified atom stereocenters. The summed E-state index contributed by atoms with van der Waals surface area (Å²) in [5, 5.41) is 0. The third-order valence-corrected chi connectivity index (χ3v) is 5.17. The van der Waals surface area contributed by atoms with Gasteiger partial charge in [-0.1, -0.05) is 42.5 Å². The molecule has 0 aromatic heterocycles. The minimum atomic E-state index is 0.175. The van der Waals surface area contributed by atoms with Gasteiger partial charge in [0.2, 0.25) is 0 Å². The number of fused-ring (bicyclic) bond motifs is 1. The summed E-state index contributed by atoms with van der Waals surface area (Å²) in [7, 11) is 0. The van der Waals surface area contributed by atoms with Crippen LogP contribution in [0.3, 0.4) is 0 Å². The molecule has 25 heavy (non-hydrogen) atoms. The normalized spacial score (nSPS) is 18.2. The molecule has 1 saturated heterocycles. The first-order valence-electron chi connectivity index (χ1n) is 9.09. The molecule has 2 aromatic rings. The molecule has 0 aliphatic carbocycles. The first-order chi connectivity index (χ1) is 12.3. The van der Waals surface area contributed by atoms with Crippen LogP contribution in [0.25, 0.3) is 11.1 Å². The SMILES string of the molecule is O=C1c2ccc(-c3ccccc3)cc2CCN1CCN1CCOCC1. The monoisotopic (exact) mass is 336 g/mol. The van der Waals surface area contributed by atoms with Gasteiger partial charge in [-0.2, -0.15) is 0 Å². The fraction of sp³-hybridized carbons (Fsp3) is 0.381. The lowest BCUT2D eigenvalue weighted by molar-refractivity contribution is 0.0322. The van der Waals surface area contributed by atoms with Gasteiger partial charge in [0, 0.05) is 38.3 Å². The van der Waals surface area contributed by atoms with Gasteiger partial charge < -0.3 is 9.64 Å². The number of ether oxygens (including phenoxy) is 1. The standard InChI is InChI=1S/C21H24N2O2/c24-21-20-7-6-18(17-4-2-1-3-5-17)16-19(20)8-9-23(21)11-10-22-12-14-25-15-13-22/h1-7,16H,8-15H2. The predicted octanol–water partition coefficient (Wildman–Crippen LogP) is 2.68. The van der Waals surface area contributed by atoms with Gasteiger partial charge in [0.25, 0.3) is 5.91 Å². The molecule has 0 atom stereocenters. The van der Waals surface area contributed by atoms with Crippen LogP contribution in [0.2, 0.25) is 0 Å². The van der Waals surface area contributed by atoms with Crippen molar-refractivity contribution in [1.82, 2.24) is 9.80 Å². The lowest BCUT2D eigenvalue weighted by Crippen LogP contribution is -2.45. The van der Waals surface area contributed by atoms with Crippen molar-refractivity contribution < 1.29 is 9.53 Å². The predicted molar refractivity (Wildman–Crippen MR) is 98.7 cm³/mol. The van der Waals surface area contributed by atoms with Gasteiger partial charge in [-0.05, 0) is 29.2 Å². The third-order valence-electron chi connectivity index (χ3n) is 5.17. The second-order valence-electron chi connectivity index (χ2n) is 6.73. The number of hydrogen-bond donors (Lipinski definition) is 0. The molecule has 0 spiro atoms. The van der Waals surface area contributed by atoms with Crippen LogP contribution in [0, 0.1) is 0 Å². The Morgan fingerprint density at radius 1 is 0.880 bits per heavy atom. The van der Waals surface area contributed by atoms with E-state index in [0.29, 0.717) is 0 Å². The summed E-state index contributed by atoms with van der Waals surface area (Å²) in [5.41, 5.74) is 4.43. The van der Waals surface area contributed by atoms with Crippen molar-refractivity contribution in [2.75, 3.05) is 45.9 Å².